The number of hydrogen-bond donors (Lipinski definition) is 2. The Labute approximate surface area is 198 Å². The maximum absolute atomic E-state index is 4.57. The van der Waals surface area contributed by atoms with Crippen LogP contribution >= 0.6 is 24.0 Å². The normalized spacial score (nSPS) is 16.0. The van der Waals surface area contributed by atoms with E-state index in [1.165, 1.54) is 11.1 Å². The molecule has 1 aromatic carbocycles. The van der Waals surface area contributed by atoms with Crippen molar-refractivity contribution in [2.45, 2.75) is 32.4 Å². The number of aliphatic imine (C=N–C) groups is 1. The molecule has 0 aliphatic carbocycles. The summed E-state index contributed by atoms with van der Waals surface area (Å²) in [5.41, 5.74) is 2.59. The molecule has 0 saturated carbocycles. The molecule has 1 fully saturated rings. The van der Waals surface area contributed by atoms with E-state index in [0.717, 1.165) is 57.3 Å². The topological polar surface area (TPSA) is 55.8 Å². The fourth-order valence-electron chi connectivity index (χ4n) is 3.49. The van der Waals surface area contributed by atoms with Crippen LogP contribution < -0.4 is 15.5 Å². The zero-order valence-electron chi connectivity index (χ0n) is 18.3. The van der Waals surface area contributed by atoms with Gasteiger partial charge in [0.2, 0.25) is 0 Å². The predicted molar refractivity (Wildman–Crippen MR) is 137 cm³/mol. The van der Waals surface area contributed by atoms with E-state index in [2.05, 4.69) is 86.8 Å². The van der Waals surface area contributed by atoms with Gasteiger partial charge in [0, 0.05) is 52.0 Å². The predicted octanol–water partition coefficient (Wildman–Crippen LogP) is 3.14. The number of aryl methyl sites for hydroxylation is 1. The van der Waals surface area contributed by atoms with Crippen molar-refractivity contribution in [1.82, 2.24) is 20.5 Å². The van der Waals surface area contributed by atoms with Crippen molar-refractivity contribution in [3.8, 4) is 0 Å². The zero-order chi connectivity index (χ0) is 20.5. The lowest BCUT2D eigenvalue weighted by Crippen LogP contribution is -2.45. The minimum atomic E-state index is 0. The Morgan fingerprint density at radius 2 is 1.83 bits per heavy atom. The van der Waals surface area contributed by atoms with Gasteiger partial charge in [-0.1, -0.05) is 30.3 Å². The second-order valence-corrected chi connectivity index (χ2v) is 7.81. The van der Waals surface area contributed by atoms with Gasteiger partial charge in [-0.2, -0.15) is 0 Å². The monoisotopic (exact) mass is 522 g/mol. The lowest BCUT2D eigenvalue weighted by Gasteiger charge is -2.33. The first-order valence-electron chi connectivity index (χ1n) is 10.5. The molecular weight excluding hydrogens is 487 g/mol. The number of likely N-dealkylation sites (N-methyl/N-ethyl adjacent to an activating group) is 1. The lowest BCUT2D eigenvalue weighted by atomic mass is 10.1. The highest BCUT2D eigenvalue weighted by Gasteiger charge is 2.15. The highest BCUT2D eigenvalue weighted by atomic mass is 127. The third-order valence-corrected chi connectivity index (χ3v) is 5.41. The van der Waals surface area contributed by atoms with Crippen molar-refractivity contribution >= 4 is 35.8 Å². The van der Waals surface area contributed by atoms with Gasteiger partial charge in [-0.15, -0.1) is 24.0 Å². The van der Waals surface area contributed by atoms with Gasteiger partial charge in [-0.05, 0) is 50.1 Å². The van der Waals surface area contributed by atoms with Crippen LogP contribution in [0.2, 0.25) is 0 Å². The zero-order valence-corrected chi connectivity index (χ0v) is 20.7. The molecule has 0 amide bonds. The van der Waals surface area contributed by atoms with Gasteiger partial charge in [0.15, 0.2) is 5.96 Å². The summed E-state index contributed by atoms with van der Waals surface area (Å²) in [6.45, 7) is 7.16. The maximum Gasteiger partial charge on any atom is 0.191 e. The molecule has 2 aromatic rings. The molecule has 0 bridgehead atoms. The van der Waals surface area contributed by atoms with E-state index < -0.39 is 0 Å². The largest absolute Gasteiger partial charge is 0.354 e. The number of nitrogens with zero attached hydrogens (tertiary/aromatic N) is 4. The molecule has 6 nitrogen and oxygen atoms in total. The van der Waals surface area contributed by atoms with E-state index >= 15 is 0 Å². The summed E-state index contributed by atoms with van der Waals surface area (Å²) in [6.07, 6.45) is 4.03. The van der Waals surface area contributed by atoms with Crippen LogP contribution in [-0.4, -0.2) is 62.2 Å². The second kappa shape index (κ2) is 12.7. The van der Waals surface area contributed by atoms with Gasteiger partial charge in [0.1, 0.15) is 5.82 Å². The summed E-state index contributed by atoms with van der Waals surface area (Å²) in [5, 5.41) is 6.93. The van der Waals surface area contributed by atoms with Crippen LogP contribution in [0.15, 0.2) is 53.7 Å². The van der Waals surface area contributed by atoms with E-state index in [1.54, 1.807) is 0 Å². The number of anilines is 1. The number of halogens is 1. The summed E-state index contributed by atoms with van der Waals surface area (Å²) >= 11 is 0. The van der Waals surface area contributed by atoms with Gasteiger partial charge in [0.05, 0.1) is 0 Å². The molecule has 0 spiro atoms. The van der Waals surface area contributed by atoms with Gasteiger partial charge < -0.3 is 20.4 Å². The van der Waals surface area contributed by atoms with Crippen molar-refractivity contribution in [3.05, 3.63) is 59.8 Å². The Kier molecular flexibility index (Phi) is 10.4. The fraction of sp³-hybridized carbons (Fsp3) is 0.478. The number of benzene rings is 1. The average Bonchev–Trinajstić information content (AvgIpc) is 2.76. The first-order valence-corrected chi connectivity index (χ1v) is 10.5. The molecular formula is C23H35IN6. The molecule has 1 saturated heterocycles. The molecule has 2 heterocycles. The summed E-state index contributed by atoms with van der Waals surface area (Å²) in [4.78, 5) is 13.7. The summed E-state index contributed by atoms with van der Waals surface area (Å²) in [6, 6.07) is 15.2. The van der Waals surface area contributed by atoms with E-state index in [0.29, 0.717) is 6.04 Å². The van der Waals surface area contributed by atoms with Crippen LogP contribution in [-0.2, 0) is 13.0 Å². The van der Waals surface area contributed by atoms with Crippen molar-refractivity contribution < 1.29 is 0 Å². The Morgan fingerprint density at radius 1 is 1.10 bits per heavy atom. The molecule has 164 valence electrons. The molecule has 1 atom stereocenters. The summed E-state index contributed by atoms with van der Waals surface area (Å²) in [7, 11) is 3.99. The van der Waals surface area contributed by atoms with Crippen LogP contribution in [0.25, 0.3) is 0 Å². The fourth-order valence-corrected chi connectivity index (χ4v) is 3.49. The highest BCUT2D eigenvalue weighted by Crippen LogP contribution is 2.14. The average molecular weight is 522 g/mol. The minimum absolute atomic E-state index is 0. The molecule has 30 heavy (non-hydrogen) atoms. The van der Waals surface area contributed by atoms with Gasteiger partial charge in [-0.3, -0.25) is 4.99 Å². The van der Waals surface area contributed by atoms with Gasteiger partial charge in [0.25, 0.3) is 0 Å². The molecule has 1 unspecified atom stereocenters. The SMILES string of the molecule is CN=C(NCc1ccnc(N2CCN(C)CC2)c1)NC(C)CCc1ccccc1.I. The summed E-state index contributed by atoms with van der Waals surface area (Å²) < 4.78 is 0. The molecule has 1 aliphatic rings. The molecule has 3 rings (SSSR count). The van der Waals surface area contributed by atoms with Gasteiger partial charge >= 0.3 is 0 Å². The Morgan fingerprint density at radius 3 is 2.53 bits per heavy atom. The van der Waals surface area contributed by atoms with E-state index in [1.807, 2.05) is 13.2 Å². The smallest absolute Gasteiger partial charge is 0.191 e. The molecule has 7 heteroatoms. The van der Waals surface area contributed by atoms with Crippen LogP contribution in [0.4, 0.5) is 5.82 Å². The van der Waals surface area contributed by atoms with Crippen molar-refractivity contribution in [2.24, 2.45) is 4.99 Å². The number of aromatic nitrogens is 1. The maximum atomic E-state index is 4.57. The van der Waals surface area contributed by atoms with Crippen LogP contribution in [0, 0.1) is 0 Å². The van der Waals surface area contributed by atoms with E-state index in [9.17, 15) is 0 Å². The summed E-state index contributed by atoms with van der Waals surface area (Å²) in [5.74, 6) is 1.90. The van der Waals surface area contributed by atoms with Crippen molar-refractivity contribution in [2.75, 3.05) is 45.2 Å². The standard InChI is InChI=1S/C23H34N6.HI/c1-19(9-10-20-7-5-4-6-8-20)27-23(24-2)26-18-21-11-12-25-22(17-21)29-15-13-28(3)14-16-29;/h4-8,11-12,17,19H,9-10,13-16,18H2,1-3H3,(H2,24,26,27);1H. The number of hydrogen-bond acceptors (Lipinski definition) is 4. The first-order chi connectivity index (χ1) is 14.1. The van der Waals surface area contributed by atoms with Crippen LogP contribution in [0.1, 0.15) is 24.5 Å². The van der Waals surface area contributed by atoms with E-state index in [4.69, 9.17) is 0 Å². The Bertz CT molecular complexity index is 774. The number of piperazine rings is 1. The number of guanidine groups is 1. The van der Waals surface area contributed by atoms with E-state index in [-0.39, 0.29) is 24.0 Å². The lowest BCUT2D eigenvalue weighted by molar-refractivity contribution is 0.312. The second-order valence-electron chi connectivity index (χ2n) is 7.81. The Balaban J connectivity index is 0.00000320. The molecule has 2 N–H and O–H groups in total. The number of nitrogens with one attached hydrogen (secondary N) is 2. The minimum Gasteiger partial charge on any atom is -0.354 e. The molecule has 1 aromatic heterocycles. The third-order valence-electron chi connectivity index (χ3n) is 5.41. The molecule has 1 aliphatic heterocycles. The van der Waals surface area contributed by atoms with Crippen molar-refractivity contribution in [1.29, 1.82) is 0 Å². The van der Waals surface area contributed by atoms with Crippen LogP contribution in [0.3, 0.4) is 0 Å². The quantitative estimate of drug-likeness (QED) is 0.333. The number of pyridine rings is 1. The van der Waals surface area contributed by atoms with Gasteiger partial charge in [-0.25, -0.2) is 4.98 Å². The highest BCUT2D eigenvalue weighted by molar-refractivity contribution is 14.0. The van der Waals surface area contributed by atoms with Crippen molar-refractivity contribution in [3.63, 3.8) is 0 Å². The molecule has 0 radical (unpaired) electrons. The third kappa shape index (κ3) is 7.75. The van der Waals surface area contributed by atoms with Crippen LogP contribution in [0.5, 0.6) is 0 Å². The number of rotatable bonds is 7. The first kappa shape index (κ1) is 24.4. The Hall–Kier alpha value is -1.87.